The summed E-state index contributed by atoms with van der Waals surface area (Å²) >= 11 is 0. The summed E-state index contributed by atoms with van der Waals surface area (Å²) in [5.74, 6) is 0.715. The van der Waals surface area contributed by atoms with Crippen molar-refractivity contribution >= 4 is 34.4 Å². The van der Waals surface area contributed by atoms with Crippen molar-refractivity contribution in [3.63, 3.8) is 0 Å². The molecule has 0 saturated carbocycles. The fourth-order valence-corrected chi connectivity index (χ4v) is 7.37. The second kappa shape index (κ2) is 15.9. The number of benzene rings is 3. The monoisotopic (exact) mass is 718 g/mol. The molecule has 2 aromatic heterocycles. The van der Waals surface area contributed by atoms with E-state index >= 15 is 0 Å². The maximum Gasteiger partial charge on any atom is 0.329 e. The number of nitrogen functional groups attached to an aromatic ring is 1. The zero-order chi connectivity index (χ0) is 36.9. The van der Waals surface area contributed by atoms with Gasteiger partial charge in [0.25, 0.3) is 0 Å². The summed E-state index contributed by atoms with van der Waals surface area (Å²) in [4.78, 5) is 41.8. The number of piperidine rings is 1. The highest BCUT2D eigenvalue weighted by molar-refractivity contribution is 6.00. The molecule has 2 fully saturated rings. The Labute approximate surface area is 308 Å². The number of phenols is 1. The van der Waals surface area contributed by atoms with Gasteiger partial charge in [0.2, 0.25) is 11.8 Å². The molecule has 0 bridgehead atoms. The molecule has 13 nitrogen and oxygen atoms in total. The second-order valence-electron chi connectivity index (χ2n) is 13.9. The first-order chi connectivity index (χ1) is 25.7. The second-order valence-corrected chi connectivity index (χ2v) is 13.9. The summed E-state index contributed by atoms with van der Waals surface area (Å²) in [6, 6.07) is 22.7. The van der Waals surface area contributed by atoms with Crippen LogP contribution in [-0.4, -0.2) is 73.9 Å². The van der Waals surface area contributed by atoms with E-state index in [4.69, 9.17) is 10.5 Å². The molecule has 0 radical (unpaired) electrons. The maximum atomic E-state index is 13.0. The molecular formula is C40H46N8O5. The van der Waals surface area contributed by atoms with Crippen LogP contribution in [0.3, 0.4) is 0 Å². The van der Waals surface area contributed by atoms with Gasteiger partial charge in [0.15, 0.2) is 5.82 Å². The zero-order valence-corrected chi connectivity index (χ0v) is 30.0. The first-order valence-electron chi connectivity index (χ1n) is 18.4. The van der Waals surface area contributed by atoms with Crippen LogP contribution in [0.15, 0.2) is 77.6 Å². The van der Waals surface area contributed by atoms with Crippen LogP contribution in [0.5, 0.6) is 11.5 Å². The number of para-hydroxylation sites is 1. The number of fused-ring (bicyclic) bond motifs is 1. The van der Waals surface area contributed by atoms with E-state index in [1.165, 1.54) is 10.1 Å². The van der Waals surface area contributed by atoms with Gasteiger partial charge in [-0.3, -0.25) is 28.9 Å². The van der Waals surface area contributed by atoms with Gasteiger partial charge < -0.3 is 20.5 Å². The van der Waals surface area contributed by atoms with Gasteiger partial charge in [-0.2, -0.15) is 0 Å². The molecule has 13 heteroatoms. The van der Waals surface area contributed by atoms with E-state index in [1.54, 1.807) is 23.7 Å². The van der Waals surface area contributed by atoms with Crippen molar-refractivity contribution in [2.75, 3.05) is 43.4 Å². The SMILES string of the molecule is Cn1c(=O)n(C2CCC(=O)NC2=O)c2ccc(CCCCCCOc3cccc(CN4CCN(c5cc(-c6ccccc6O)nnc5N)CC4)c3)cc21. The largest absolute Gasteiger partial charge is 0.507 e. The molecule has 7 rings (SSSR count). The van der Waals surface area contributed by atoms with Crippen LogP contribution in [0.1, 0.15) is 55.7 Å². The number of aryl methyl sites for hydroxylation is 2. The van der Waals surface area contributed by atoms with Gasteiger partial charge >= 0.3 is 5.69 Å². The third-order valence-corrected chi connectivity index (χ3v) is 10.3. The molecule has 5 aromatic rings. The lowest BCUT2D eigenvalue weighted by Crippen LogP contribution is -2.46. The van der Waals surface area contributed by atoms with Gasteiger partial charge in [-0.15, -0.1) is 10.2 Å². The number of carbonyl (C=O) groups excluding carboxylic acids is 2. The highest BCUT2D eigenvalue weighted by atomic mass is 16.5. The molecule has 276 valence electrons. The molecule has 2 saturated heterocycles. The summed E-state index contributed by atoms with van der Waals surface area (Å²) in [7, 11) is 1.72. The number of aromatic nitrogens is 4. The molecular weight excluding hydrogens is 672 g/mol. The Morgan fingerprint density at radius 2 is 1.68 bits per heavy atom. The molecule has 4 heterocycles. The molecule has 2 amide bonds. The molecule has 53 heavy (non-hydrogen) atoms. The van der Waals surface area contributed by atoms with Crippen LogP contribution in [-0.2, 0) is 29.6 Å². The fourth-order valence-electron chi connectivity index (χ4n) is 7.37. The summed E-state index contributed by atoms with van der Waals surface area (Å²) in [6.07, 6.45) is 5.57. The Morgan fingerprint density at radius 1 is 0.868 bits per heavy atom. The Morgan fingerprint density at radius 3 is 2.49 bits per heavy atom. The lowest BCUT2D eigenvalue weighted by Gasteiger charge is -2.36. The number of ether oxygens (including phenoxy) is 1. The number of unbranched alkanes of at least 4 members (excludes halogenated alkanes) is 3. The topological polar surface area (TPSA) is 161 Å². The van der Waals surface area contributed by atoms with Crippen molar-refractivity contribution in [3.05, 3.63) is 94.4 Å². The van der Waals surface area contributed by atoms with Crippen molar-refractivity contribution in [2.24, 2.45) is 7.05 Å². The number of hydrogen-bond donors (Lipinski definition) is 3. The van der Waals surface area contributed by atoms with Gasteiger partial charge in [-0.05, 0) is 79.3 Å². The Hall–Kier alpha value is -5.69. The minimum Gasteiger partial charge on any atom is -0.507 e. The number of nitrogens with one attached hydrogen (secondary N) is 1. The summed E-state index contributed by atoms with van der Waals surface area (Å²) in [5, 5.41) is 21.0. The van der Waals surface area contributed by atoms with Crippen LogP contribution in [0.25, 0.3) is 22.3 Å². The molecule has 0 aliphatic carbocycles. The van der Waals surface area contributed by atoms with Crippen LogP contribution in [0.2, 0.25) is 0 Å². The van der Waals surface area contributed by atoms with Crippen molar-refractivity contribution < 1.29 is 19.4 Å². The van der Waals surface area contributed by atoms with Gasteiger partial charge in [0.05, 0.1) is 29.0 Å². The van der Waals surface area contributed by atoms with E-state index in [2.05, 4.69) is 43.5 Å². The van der Waals surface area contributed by atoms with Crippen molar-refractivity contribution in [2.45, 2.75) is 57.5 Å². The highest BCUT2D eigenvalue weighted by Gasteiger charge is 2.31. The first kappa shape index (κ1) is 35.7. The average molecular weight is 719 g/mol. The maximum absolute atomic E-state index is 13.0. The van der Waals surface area contributed by atoms with Gasteiger partial charge in [0.1, 0.15) is 17.5 Å². The highest BCUT2D eigenvalue weighted by Crippen LogP contribution is 2.32. The lowest BCUT2D eigenvalue weighted by atomic mass is 10.0. The molecule has 1 unspecified atom stereocenters. The third-order valence-electron chi connectivity index (χ3n) is 10.3. The quantitative estimate of drug-likeness (QED) is 0.116. The summed E-state index contributed by atoms with van der Waals surface area (Å²) < 4.78 is 9.24. The van der Waals surface area contributed by atoms with E-state index < -0.39 is 11.9 Å². The molecule has 0 spiro atoms. The van der Waals surface area contributed by atoms with Crippen LogP contribution < -0.4 is 26.4 Å². The van der Waals surface area contributed by atoms with E-state index in [1.807, 2.05) is 42.5 Å². The van der Waals surface area contributed by atoms with E-state index in [0.717, 1.165) is 87.3 Å². The minimum absolute atomic E-state index is 0.162. The standard InChI is InChI=1S/C40H46N8O5/c1-45-34-24-27(14-15-32(34)48(40(45)52)33-16-17-37(50)42-39(33)51)9-4-2-3-7-22-53-29-11-8-10-28(23-29)26-46-18-20-47(21-19-46)35-25-31(43-44-38(35)41)30-12-5-6-13-36(30)49/h5-6,8,10-15,23-25,33,49H,2-4,7,9,16-22,26H2,1H3,(H2,41,44)(H,42,50,51). The van der Waals surface area contributed by atoms with Crippen molar-refractivity contribution in [1.29, 1.82) is 0 Å². The number of phenolic OH excluding ortho intramolecular Hbond substituents is 1. The molecule has 1 atom stereocenters. The lowest BCUT2D eigenvalue weighted by molar-refractivity contribution is -0.135. The zero-order valence-electron chi connectivity index (χ0n) is 30.0. The minimum atomic E-state index is -0.675. The average Bonchev–Trinajstić information content (AvgIpc) is 3.40. The van der Waals surface area contributed by atoms with E-state index in [9.17, 15) is 19.5 Å². The summed E-state index contributed by atoms with van der Waals surface area (Å²) in [5.41, 5.74) is 11.9. The van der Waals surface area contributed by atoms with Crippen molar-refractivity contribution in [1.82, 2.24) is 29.5 Å². The number of imidazole rings is 1. The number of piperazine rings is 1. The number of amides is 2. The smallest absolute Gasteiger partial charge is 0.329 e. The van der Waals surface area contributed by atoms with Crippen LogP contribution in [0, 0.1) is 0 Å². The molecule has 2 aliphatic heterocycles. The van der Waals surface area contributed by atoms with Crippen LogP contribution in [0.4, 0.5) is 11.5 Å². The number of anilines is 2. The number of hydrogen-bond acceptors (Lipinski definition) is 10. The van der Waals surface area contributed by atoms with E-state index in [-0.39, 0.29) is 23.8 Å². The number of aromatic hydroxyl groups is 1. The number of imide groups is 1. The molecule has 3 aromatic carbocycles. The normalized spacial score (nSPS) is 16.6. The Kier molecular flexibility index (Phi) is 10.7. The van der Waals surface area contributed by atoms with Gasteiger partial charge in [-0.25, -0.2) is 4.79 Å². The number of nitrogens with two attached hydrogens (primary N) is 1. The number of carbonyl (C=O) groups is 2. The first-order valence-corrected chi connectivity index (χ1v) is 18.4. The fraction of sp³-hybridized carbons (Fsp3) is 0.375. The van der Waals surface area contributed by atoms with Crippen LogP contribution >= 0.6 is 0 Å². The Bertz CT molecular complexity index is 2170. The van der Waals surface area contributed by atoms with Gasteiger partial charge in [0, 0.05) is 51.8 Å². The molecule has 4 N–H and O–H groups in total. The summed E-state index contributed by atoms with van der Waals surface area (Å²) in [6.45, 7) is 4.85. The third kappa shape index (κ3) is 8.05. The van der Waals surface area contributed by atoms with Gasteiger partial charge in [-0.1, -0.05) is 43.2 Å². The van der Waals surface area contributed by atoms with Crippen molar-refractivity contribution in [3.8, 4) is 22.8 Å². The Balaban J connectivity index is 0.835. The predicted octanol–water partition coefficient (Wildman–Crippen LogP) is 4.57. The predicted molar refractivity (Wildman–Crippen MR) is 204 cm³/mol. The van der Waals surface area contributed by atoms with E-state index in [0.29, 0.717) is 35.6 Å². The number of rotatable bonds is 13. The number of nitrogens with zero attached hydrogens (tertiary/aromatic N) is 6. The molecule has 2 aliphatic rings.